The van der Waals surface area contributed by atoms with Crippen molar-refractivity contribution < 1.29 is 18.4 Å². The van der Waals surface area contributed by atoms with Gasteiger partial charge in [-0.2, -0.15) is 4.31 Å². The first-order valence-electron chi connectivity index (χ1n) is 6.85. The van der Waals surface area contributed by atoms with E-state index in [2.05, 4.69) is 0 Å². The van der Waals surface area contributed by atoms with Gasteiger partial charge >= 0.3 is 0 Å². The Bertz CT molecular complexity index is 662. The predicted octanol–water partition coefficient (Wildman–Crippen LogP) is 2.07. The summed E-state index contributed by atoms with van der Waals surface area (Å²) < 4.78 is 26.8. The maximum absolute atomic E-state index is 12.8. The molecule has 124 valence electrons. The van der Waals surface area contributed by atoms with Crippen LogP contribution in [-0.4, -0.2) is 40.9 Å². The van der Waals surface area contributed by atoms with Crippen molar-refractivity contribution in [3.05, 3.63) is 33.9 Å². The zero-order valence-corrected chi connectivity index (χ0v) is 14.2. The fraction of sp³-hybridized carbons (Fsp3) is 0.571. The highest BCUT2D eigenvalue weighted by Gasteiger charge is 2.33. The van der Waals surface area contributed by atoms with E-state index < -0.39 is 26.6 Å². The van der Waals surface area contributed by atoms with Gasteiger partial charge in [0.1, 0.15) is 0 Å². The van der Waals surface area contributed by atoms with Crippen LogP contribution in [0.25, 0.3) is 0 Å². The first-order valence-corrected chi connectivity index (χ1v) is 8.29. The van der Waals surface area contributed by atoms with Crippen LogP contribution < -0.4 is 0 Å². The molecule has 8 heteroatoms. The number of nitro benzene ring substituents is 1. The molecule has 0 saturated heterocycles. The predicted molar refractivity (Wildman–Crippen MR) is 83.2 cm³/mol. The van der Waals surface area contributed by atoms with Gasteiger partial charge in [-0.15, -0.1) is 0 Å². The van der Waals surface area contributed by atoms with E-state index in [1.54, 1.807) is 20.8 Å². The summed E-state index contributed by atoms with van der Waals surface area (Å²) in [5, 5.41) is 20.8. The zero-order chi connectivity index (χ0) is 17.3. The Hall–Kier alpha value is -1.51. The SMILES string of the molecule is Cc1ccc([N+](=O)[O-])cc1S(=O)(=O)N(CC(C)(C)O)C(C)C. The minimum Gasteiger partial charge on any atom is -0.389 e. The maximum Gasteiger partial charge on any atom is 0.270 e. The number of non-ortho nitro benzene ring substituents is 1. The number of nitro groups is 1. The van der Waals surface area contributed by atoms with Crippen LogP contribution in [0.4, 0.5) is 5.69 Å². The Morgan fingerprint density at radius 1 is 1.36 bits per heavy atom. The molecular formula is C14H22N2O5S. The lowest BCUT2D eigenvalue weighted by atomic mass is 10.1. The molecule has 7 nitrogen and oxygen atoms in total. The molecule has 22 heavy (non-hydrogen) atoms. The van der Waals surface area contributed by atoms with Crippen molar-refractivity contribution in [1.29, 1.82) is 0 Å². The van der Waals surface area contributed by atoms with Crippen molar-refractivity contribution in [1.82, 2.24) is 4.31 Å². The second-order valence-electron chi connectivity index (χ2n) is 6.16. The number of aryl methyl sites for hydroxylation is 1. The average Bonchev–Trinajstić information content (AvgIpc) is 2.34. The van der Waals surface area contributed by atoms with Crippen molar-refractivity contribution in [2.45, 2.75) is 51.2 Å². The van der Waals surface area contributed by atoms with Gasteiger partial charge in [-0.1, -0.05) is 6.07 Å². The quantitative estimate of drug-likeness (QED) is 0.635. The molecule has 1 aromatic carbocycles. The van der Waals surface area contributed by atoms with Gasteiger partial charge in [0.25, 0.3) is 5.69 Å². The van der Waals surface area contributed by atoms with Gasteiger partial charge in [0.2, 0.25) is 10.0 Å². The Labute approximate surface area is 130 Å². The molecule has 1 N–H and O–H groups in total. The van der Waals surface area contributed by atoms with Crippen LogP contribution in [0.3, 0.4) is 0 Å². The lowest BCUT2D eigenvalue weighted by Crippen LogP contribution is -2.45. The lowest BCUT2D eigenvalue weighted by molar-refractivity contribution is -0.385. The average molecular weight is 330 g/mol. The molecule has 0 amide bonds. The summed E-state index contributed by atoms with van der Waals surface area (Å²) in [7, 11) is -3.95. The molecule has 0 atom stereocenters. The van der Waals surface area contributed by atoms with Crippen molar-refractivity contribution in [2.75, 3.05) is 6.54 Å². The van der Waals surface area contributed by atoms with Crippen LogP contribution in [0.2, 0.25) is 0 Å². The van der Waals surface area contributed by atoms with Crippen LogP contribution in [0.1, 0.15) is 33.3 Å². The van der Waals surface area contributed by atoms with Crippen LogP contribution >= 0.6 is 0 Å². The summed E-state index contributed by atoms with van der Waals surface area (Å²) in [6.07, 6.45) is 0. The highest BCUT2D eigenvalue weighted by Crippen LogP contribution is 2.27. The largest absolute Gasteiger partial charge is 0.389 e. The Balaban J connectivity index is 3.43. The van der Waals surface area contributed by atoms with E-state index in [0.29, 0.717) is 5.56 Å². The van der Waals surface area contributed by atoms with Gasteiger partial charge < -0.3 is 5.11 Å². The molecule has 0 radical (unpaired) electrons. The molecule has 0 aliphatic carbocycles. The van der Waals surface area contributed by atoms with Gasteiger partial charge in [0, 0.05) is 24.7 Å². The van der Waals surface area contributed by atoms with Crippen molar-refractivity contribution in [3.63, 3.8) is 0 Å². The molecule has 0 bridgehead atoms. The Morgan fingerprint density at radius 2 is 1.91 bits per heavy atom. The summed E-state index contributed by atoms with van der Waals surface area (Å²) in [6.45, 7) is 7.89. The number of hydrogen-bond acceptors (Lipinski definition) is 5. The lowest BCUT2D eigenvalue weighted by Gasteiger charge is -2.31. The fourth-order valence-electron chi connectivity index (χ4n) is 2.03. The molecule has 0 fully saturated rings. The van der Waals surface area contributed by atoms with Crippen molar-refractivity contribution in [3.8, 4) is 0 Å². The van der Waals surface area contributed by atoms with E-state index in [0.717, 1.165) is 10.4 Å². The third-order valence-electron chi connectivity index (χ3n) is 3.09. The van der Waals surface area contributed by atoms with Crippen molar-refractivity contribution in [2.24, 2.45) is 0 Å². The second kappa shape index (κ2) is 6.31. The van der Waals surface area contributed by atoms with E-state index in [9.17, 15) is 23.6 Å². The van der Waals surface area contributed by atoms with Crippen LogP contribution in [0.15, 0.2) is 23.1 Å². The first-order chi connectivity index (χ1) is 9.86. The molecule has 0 spiro atoms. The second-order valence-corrected chi connectivity index (χ2v) is 8.02. The molecular weight excluding hydrogens is 308 g/mol. The summed E-state index contributed by atoms with van der Waals surface area (Å²) in [5.74, 6) is 0. The van der Waals surface area contributed by atoms with Gasteiger partial charge in [-0.05, 0) is 40.2 Å². The number of aliphatic hydroxyl groups is 1. The number of rotatable bonds is 6. The summed E-state index contributed by atoms with van der Waals surface area (Å²) in [6, 6.07) is 3.34. The number of benzene rings is 1. The monoisotopic (exact) mass is 330 g/mol. The minimum atomic E-state index is -3.95. The van der Waals surface area contributed by atoms with E-state index in [1.807, 2.05) is 0 Å². The Kier molecular flexibility index (Phi) is 5.32. The van der Waals surface area contributed by atoms with Crippen LogP contribution in [-0.2, 0) is 10.0 Å². The zero-order valence-electron chi connectivity index (χ0n) is 13.4. The molecule has 0 aliphatic heterocycles. The standard InChI is InChI=1S/C14H22N2O5S/c1-10(2)15(9-14(4,5)17)22(20,21)13-8-12(16(18)19)7-6-11(13)3/h6-8,10,17H,9H2,1-5H3. The Morgan fingerprint density at radius 3 is 2.32 bits per heavy atom. The summed E-state index contributed by atoms with van der Waals surface area (Å²) >= 11 is 0. The summed E-state index contributed by atoms with van der Waals surface area (Å²) in [5.41, 5.74) is -1.07. The smallest absolute Gasteiger partial charge is 0.270 e. The number of sulfonamides is 1. The third-order valence-corrected chi connectivity index (χ3v) is 5.25. The summed E-state index contributed by atoms with van der Waals surface area (Å²) in [4.78, 5) is 10.1. The highest BCUT2D eigenvalue weighted by molar-refractivity contribution is 7.89. The first kappa shape index (κ1) is 18.5. The maximum atomic E-state index is 12.8. The van der Waals surface area contributed by atoms with E-state index in [-0.39, 0.29) is 17.1 Å². The fourth-order valence-corrected chi connectivity index (χ4v) is 4.07. The van der Waals surface area contributed by atoms with E-state index >= 15 is 0 Å². The van der Waals surface area contributed by atoms with Gasteiger partial charge in [-0.25, -0.2) is 8.42 Å². The molecule has 1 aromatic rings. The van der Waals surface area contributed by atoms with Gasteiger partial charge in [0.05, 0.1) is 15.4 Å². The normalized spacial score (nSPS) is 12.9. The number of nitrogens with zero attached hydrogens (tertiary/aromatic N) is 2. The highest BCUT2D eigenvalue weighted by atomic mass is 32.2. The number of hydrogen-bond donors (Lipinski definition) is 1. The van der Waals surface area contributed by atoms with E-state index in [4.69, 9.17) is 0 Å². The molecule has 0 aromatic heterocycles. The van der Waals surface area contributed by atoms with Gasteiger partial charge in [-0.3, -0.25) is 10.1 Å². The van der Waals surface area contributed by atoms with Gasteiger partial charge in [0.15, 0.2) is 0 Å². The van der Waals surface area contributed by atoms with Crippen LogP contribution in [0.5, 0.6) is 0 Å². The molecule has 0 heterocycles. The van der Waals surface area contributed by atoms with Crippen LogP contribution in [0, 0.1) is 17.0 Å². The third kappa shape index (κ3) is 4.25. The van der Waals surface area contributed by atoms with Crippen molar-refractivity contribution >= 4 is 15.7 Å². The molecule has 0 aliphatic rings. The van der Waals surface area contributed by atoms with E-state index in [1.165, 1.54) is 26.0 Å². The molecule has 1 rings (SSSR count). The minimum absolute atomic E-state index is 0.102. The topological polar surface area (TPSA) is 101 Å². The molecule has 0 saturated carbocycles. The molecule has 0 unspecified atom stereocenters.